The number of amides is 1. The minimum Gasteiger partial charge on any atom is -0.389 e. The number of aliphatic hydroxyl groups excluding tert-OH is 1. The maximum atomic E-state index is 12.4. The zero-order valence-corrected chi connectivity index (χ0v) is 11.9. The van der Waals surface area contributed by atoms with Crippen LogP contribution in [0.2, 0.25) is 0 Å². The number of fused-ring (bicyclic) bond motifs is 1. The molecule has 1 atom stereocenters. The molecule has 0 unspecified atom stereocenters. The molecule has 21 heavy (non-hydrogen) atoms. The monoisotopic (exact) mass is 286 g/mol. The predicted molar refractivity (Wildman–Crippen MR) is 78.2 cm³/mol. The van der Waals surface area contributed by atoms with E-state index in [9.17, 15) is 9.90 Å². The summed E-state index contributed by atoms with van der Waals surface area (Å²) in [6.45, 7) is 1.67. The lowest BCUT2D eigenvalue weighted by atomic mass is 9.96. The average molecular weight is 286 g/mol. The van der Waals surface area contributed by atoms with Crippen LogP contribution in [0.4, 0.5) is 5.69 Å². The first-order chi connectivity index (χ1) is 10.2. The Morgan fingerprint density at radius 2 is 2.10 bits per heavy atom. The van der Waals surface area contributed by atoms with Crippen molar-refractivity contribution in [1.29, 1.82) is 0 Å². The third-order valence-corrected chi connectivity index (χ3v) is 3.82. The van der Waals surface area contributed by atoms with Crippen LogP contribution in [0, 0.1) is 0 Å². The van der Waals surface area contributed by atoms with Gasteiger partial charge < -0.3 is 14.9 Å². The van der Waals surface area contributed by atoms with E-state index >= 15 is 0 Å². The van der Waals surface area contributed by atoms with Crippen molar-refractivity contribution in [2.24, 2.45) is 0 Å². The molecule has 0 fully saturated rings. The second kappa shape index (κ2) is 5.69. The van der Waals surface area contributed by atoms with E-state index in [-0.39, 0.29) is 5.91 Å². The predicted octanol–water partition coefficient (Wildman–Crippen LogP) is 2.86. The number of hydrogen-bond acceptors (Lipinski definition) is 4. The lowest BCUT2D eigenvalue weighted by molar-refractivity contribution is 0.101. The van der Waals surface area contributed by atoms with Gasteiger partial charge in [-0.25, -0.2) is 0 Å². The average Bonchev–Trinajstić information content (AvgIpc) is 2.91. The molecule has 0 saturated carbocycles. The normalized spacial score (nSPS) is 15.3. The Bertz CT molecular complexity index is 661. The molecule has 0 bridgehead atoms. The molecule has 0 saturated heterocycles. The van der Waals surface area contributed by atoms with Gasteiger partial charge in [-0.05, 0) is 32.3 Å². The van der Waals surface area contributed by atoms with Crippen LogP contribution in [0.25, 0.3) is 0 Å². The van der Waals surface area contributed by atoms with Gasteiger partial charge in [-0.1, -0.05) is 23.4 Å². The number of hydrogen-bond donors (Lipinski definition) is 2. The number of carbonyl (C=O) groups excluding carboxylic acids is 1. The molecule has 1 aliphatic carbocycles. The quantitative estimate of drug-likeness (QED) is 0.909. The molecule has 1 aromatic carbocycles. The lowest BCUT2D eigenvalue weighted by Gasteiger charge is -2.13. The first-order valence-corrected chi connectivity index (χ1v) is 7.22. The molecule has 0 spiro atoms. The first-order valence-electron chi connectivity index (χ1n) is 7.22. The molecule has 2 aromatic rings. The number of rotatable bonds is 3. The second-order valence-electron chi connectivity index (χ2n) is 5.36. The van der Waals surface area contributed by atoms with Crippen LogP contribution in [-0.2, 0) is 12.8 Å². The highest BCUT2D eigenvalue weighted by molar-refractivity contribution is 6.04. The minimum atomic E-state index is -0.646. The molecule has 1 amide bonds. The molecule has 0 aliphatic heterocycles. The van der Waals surface area contributed by atoms with Gasteiger partial charge in [-0.3, -0.25) is 4.79 Å². The van der Waals surface area contributed by atoms with E-state index in [1.807, 2.05) is 12.1 Å². The second-order valence-corrected chi connectivity index (χ2v) is 5.36. The number of benzene rings is 1. The molecule has 5 nitrogen and oxygen atoms in total. The highest BCUT2D eigenvalue weighted by Crippen LogP contribution is 2.26. The van der Waals surface area contributed by atoms with Gasteiger partial charge in [0, 0.05) is 23.2 Å². The fraction of sp³-hybridized carbons (Fsp3) is 0.375. The summed E-state index contributed by atoms with van der Waals surface area (Å²) in [5, 5.41) is 16.5. The van der Waals surface area contributed by atoms with E-state index in [1.165, 1.54) is 0 Å². The van der Waals surface area contributed by atoms with Crippen LogP contribution in [0.5, 0.6) is 0 Å². The van der Waals surface area contributed by atoms with Crippen molar-refractivity contribution in [2.45, 2.75) is 38.7 Å². The van der Waals surface area contributed by atoms with Crippen molar-refractivity contribution in [2.75, 3.05) is 5.32 Å². The Kier molecular flexibility index (Phi) is 3.75. The van der Waals surface area contributed by atoms with E-state index in [1.54, 1.807) is 19.1 Å². The van der Waals surface area contributed by atoms with E-state index in [0.717, 1.165) is 37.0 Å². The Hall–Kier alpha value is -2.14. The number of nitrogens with one attached hydrogen (secondary N) is 1. The van der Waals surface area contributed by atoms with Gasteiger partial charge in [0.15, 0.2) is 5.69 Å². The van der Waals surface area contributed by atoms with E-state index in [0.29, 0.717) is 16.9 Å². The van der Waals surface area contributed by atoms with Crippen LogP contribution < -0.4 is 5.32 Å². The maximum absolute atomic E-state index is 12.4. The standard InChI is InChI=1S/C16H18N2O3/c1-10(19)11-6-2-4-8-13(11)17-16(20)15-12-7-3-5-9-14(12)21-18-15/h2,4,6,8,10,19H,3,5,7,9H2,1H3,(H,17,20)/t10-/m1/s1. The number of aliphatic hydroxyl groups is 1. The van der Waals surface area contributed by atoms with Gasteiger partial charge in [0.1, 0.15) is 5.76 Å². The zero-order chi connectivity index (χ0) is 14.8. The third kappa shape index (κ3) is 2.69. The Morgan fingerprint density at radius 3 is 2.90 bits per heavy atom. The molecule has 1 heterocycles. The summed E-state index contributed by atoms with van der Waals surface area (Å²) >= 11 is 0. The number of carbonyl (C=O) groups is 1. The summed E-state index contributed by atoms with van der Waals surface area (Å²) in [5.74, 6) is 0.546. The summed E-state index contributed by atoms with van der Waals surface area (Å²) in [5.41, 5.74) is 2.58. The highest BCUT2D eigenvalue weighted by atomic mass is 16.5. The first kappa shape index (κ1) is 13.8. The van der Waals surface area contributed by atoms with Crippen LogP contribution in [0.3, 0.4) is 0 Å². The van der Waals surface area contributed by atoms with E-state index in [2.05, 4.69) is 10.5 Å². The van der Waals surface area contributed by atoms with Crippen LogP contribution in [0.15, 0.2) is 28.8 Å². The number of nitrogens with zero attached hydrogens (tertiary/aromatic N) is 1. The van der Waals surface area contributed by atoms with Gasteiger partial charge >= 0.3 is 0 Å². The van der Waals surface area contributed by atoms with Crippen LogP contribution in [0.1, 0.15) is 53.2 Å². The zero-order valence-electron chi connectivity index (χ0n) is 11.9. The van der Waals surface area contributed by atoms with Crippen molar-refractivity contribution in [1.82, 2.24) is 5.16 Å². The van der Waals surface area contributed by atoms with Gasteiger partial charge in [-0.15, -0.1) is 0 Å². The summed E-state index contributed by atoms with van der Waals surface area (Å²) in [4.78, 5) is 12.4. The summed E-state index contributed by atoms with van der Waals surface area (Å²) in [7, 11) is 0. The molecule has 3 rings (SSSR count). The fourth-order valence-electron chi connectivity index (χ4n) is 2.72. The smallest absolute Gasteiger partial charge is 0.278 e. The van der Waals surface area contributed by atoms with E-state index < -0.39 is 6.10 Å². The Labute approximate surface area is 123 Å². The maximum Gasteiger partial charge on any atom is 0.278 e. The molecule has 1 aromatic heterocycles. The summed E-state index contributed by atoms with van der Waals surface area (Å²) in [6, 6.07) is 7.21. The van der Waals surface area contributed by atoms with Crippen LogP contribution >= 0.6 is 0 Å². The fourth-order valence-corrected chi connectivity index (χ4v) is 2.72. The van der Waals surface area contributed by atoms with Crippen molar-refractivity contribution in [3.05, 3.63) is 46.8 Å². The molecule has 1 aliphatic rings. The van der Waals surface area contributed by atoms with Crippen molar-refractivity contribution in [3.8, 4) is 0 Å². The number of aromatic nitrogens is 1. The van der Waals surface area contributed by atoms with Gasteiger partial charge in [-0.2, -0.15) is 0 Å². The molecule has 2 N–H and O–H groups in total. The minimum absolute atomic E-state index is 0.282. The topological polar surface area (TPSA) is 75.4 Å². The van der Waals surface area contributed by atoms with Crippen molar-refractivity contribution in [3.63, 3.8) is 0 Å². The van der Waals surface area contributed by atoms with Gasteiger partial charge in [0.25, 0.3) is 5.91 Å². The molecule has 5 heteroatoms. The summed E-state index contributed by atoms with van der Waals surface area (Å²) in [6.07, 6.45) is 3.17. The van der Waals surface area contributed by atoms with E-state index in [4.69, 9.17) is 4.52 Å². The van der Waals surface area contributed by atoms with Gasteiger partial charge in [0.05, 0.1) is 6.10 Å². The molecular weight excluding hydrogens is 268 g/mol. The molecule has 0 radical (unpaired) electrons. The highest BCUT2D eigenvalue weighted by Gasteiger charge is 2.24. The number of anilines is 1. The largest absolute Gasteiger partial charge is 0.389 e. The third-order valence-electron chi connectivity index (χ3n) is 3.82. The SMILES string of the molecule is C[C@@H](O)c1ccccc1NC(=O)c1noc2c1CCCC2. The van der Waals surface area contributed by atoms with Crippen LogP contribution in [-0.4, -0.2) is 16.2 Å². The number of para-hydroxylation sites is 1. The Balaban J connectivity index is 1.86. The Morgan fingerprint density at radius 1 is 1.33 bits per heavy atom. The van der Waals surface area contributed by atoms with Gasteiger partial charge in [0.2, 0.25) is 0 Å². The lowest BCUT2D eigenvalue weighted by Crippen LogP contribution is -2.17. The van der Waals surface area contributed by atoms with Crippen molar-refractivity contribution >= 4 is 11.6 Å². The van der Waals surface area contributed by atoms with Crippen molar-refractivity contribution < 1.29 is 14.4 Å². The summed E-state index contributed by atoms with van der Waals surface area (Å²) < 4.78 is 5.26. The molecule has 110 valence electrons. The molecular formula is C16H18N2O3. The number of aryl methyl sites for hydroxylation is 1.